The van der Waals surface area contributed by atoms with Crippen LogP contribution < -0.4 is 21.5 Å². The smallest absolute Gasteiger partial charge is 0.239 e. The topological polar surface area (TPSA) is 96.2 Å². The van der Waals surface area contributed by atoms with Crippen LogP contribution in [0.4, 0.5) is 16.2 Å². The van der Waals surface area contributed by atoms with E-state index in [0.29, 0.717) is 6.54 Å². The third-order valence-corrected chi connectivity index (χ3v) is 2.46. The van der Waals surface area contributed by atoms with Gasteiger partial charge in [-0.3, -0.25) is 10.2 Å². The lowest BCUT2D eigenvalue weighted by atomic mass is 10.1. The van der Waals surface area contributed by atoms with Gasteiger partial charge in [0, 0.05) is 20.6 Å². The van der Waals surface area contributed by atoms with Crippen LogP contribution in [0.1, 0.15) is 6.92 Å². The van der Waals surface area contributed by atoms with E-state index < -0.39 is 5.82 Å². The van der Waals surface area contributed by atoms with Crippen LogP contribution in [0.2, 0.25) is 0 Å². The Hall–Kier alpha value is -1.96. The zero-order chi connectivity index (χ0) is 13.7. The fourth-order valence-corrected chi connectivity index (χ4v) is 1.52. The van der Waals surface area contributed by atoms with Crippen LogP contribution in [0.5, 0.6) is 0 Å². The number of amides is 1. The predicted octanol–water partition coefficient (Wildman–Crippen LogP) is -0.280. The van der Waals surface area contributed by atoms with Gasteiger partial charge < -0.3 is 10.2 Å². The van der Waals surface area contributed by atoms with Crippen LogP contribution in [-0.4, -0.2) is 36.5 Å². The number of hydrogen-bond acceptors (Lipinski definition) is 6. The van der Waals surface area contributed by atoms with Gasteiger partial charge in [0.25, 0.3) is 0 Å². The number of carbonyl (C=O) groups excluding carboxylic acids is 1. The molecule has 7 nitrogen and oxygen atoms in total. The van der Waals surface area contributed by atoms with Crippen LogP contribution in [0.25, 0.3) is 0 Å². The van der Waals surface area contributed by atoms with Crippen molar-refractivity contribution >= 4 is 17.7 Å². The van der Waals surface area contributed by atoms with E-state index in [-0.39, 0.29) is 23.6 Å². The number of rotatable bonds is 5. The van der Waals surface area contributed by atoms with Crippen molar-refractivity contribution in [3.05, 3.63) is 12.0 Å². The first kappa shape index (κ1) is 14.1. The van der Waals surface area contributed by atoms with Gasteiger partial charge in [-0.25, -0.2) is 15.2 Å². The average molecular weight is 256 g/mol. The fourth-order valence-electron chi connectivity index (χ4n) is 1.52. The van der Waals surface area contributed by atoms with Gasteiger partial charge in [0.05, 0.1) is 12.1 Å². The van der Waals surface area contributed by atoms with Crippen LogP contribution in [0.15, 0.2) is 6.20 Å². The number of nitrogens with one attached hydrogen (secondary N) is 2. The maximum atomic E-state index is 13.6. The summed E-state index contributed by atoms with van der Waals surface area (Å²) >= 11 is 0. The second-order valence-corrected chi connectivity index (χ2v) is 3.91. The lowest BCUT2D eigenvalue weighted by Crippen LogP contribution is -2.35. The molecule has 0 aromatic carbocycles. The standard InChI is InChI=1S/C10H17FN6O/c1-6(9(18)13-2)5-17(3)8-7(11)4-14-10(15-8)16-12/h4,6H,5,12H2,1-3H3,(H,13,18)(H,14,15,16). The van der Waals surface area contributed by atoms with Gasteiger partial charge in [0.15, 0.2) is 11.6 Å². The summed E-state index contributed by atoms with van der Waals surface area (Å²) in [5.41, 5.74) is 2.24. The van der Waals surface area contributed by atoms with Crippen molar-refractivity contribution < 1.29 is 9.18 Å². The van der Waals surface area contributed by atoms with E-state index in [0.717, 1.165) is 6.20 Å². The molecule has 1 aromatic rings. The predicted molar refractivity (Wildman–Crippen MR) is 66.3 cm³/mol. The van der Waals surface area contributed by atoms with E-state index in [9.17, 15) is 9.18 Å². The molecule has 0 saturated heterocycles. The molecule has 8 heteroatoms. The fraction of sp³-hybridized carbons (Fsp3) is 0.500. The van der Waals surface area contributed by atoms with Gasteiger partial charge in [-0.2, -0.15) is 4.98 Å². The molecule has 4 N–H and O–H groups in total. The summed E-state index contributed by atoms with van der Waals surface area (Å²) in [6, 6.07) is 0. The highest BCUT2D eigenvalue weighted by atomic mass is 19.1. The van der Waals surface area contributed by atoms with Gasteiger partial charge >= 0.3 is 0 Å². The number of hydrogen-bond donors (Lipinski definition) is 3. The lowest BCUT2D eigenvalue weighted by molar-refractivity contribution is -0.123. The minimum atomic E-state index is -0.569. The van der Waals surface area contributed by atoms with Crippen molar-refractivity contribution in [1.82, 2.24) is 15.3 Å². The third-order valence-electron chi connectivity index (χ3n) is 2.46. The van der Waals surface area contributed by atoms with Crippen molar-refractivity contribution in [3.63, 3.8) is 0 Å². The Morgan fingerprint density at radius 2 is 2.33 bits per heavy atom. The van der Waals surface area contributed by atoms with Crippen LogP contribution >= 0.6 is 0 Å². The van der Waals surface area contributed by atoms with Crippen LogP contribution in [0.3, 0.4) is 0 Å². The number of hydrazine groups is 1. The summed E-state index contributed by atoms with van der Waals surface area (Å²) in [6.07, 6.45) is 1.03. The van der Waals surface area contributed by atoms with E-state index >= 15 is 0 Å². The minimum absolute atomic E-state index is 0.0914. The number of aromatic nitrogens is 2. The summed E-state index contributed by atoms with van der Waals surface area (Å²) in [6.45, 7) is 2.08. The number of halogens is 1. The first-order valence-corrected chi connectivity index (χ1v) is 5.41. The summed E-state index contributed by atoms with van der Waals surface area (Å²) in [5.74, 6) is 4.39. The Balaban J connectivity index is 2.83. The van der Waals surface area contributed by atoms with Gasteiger partial charge in [-0.05, 0) is 0 Å². The summed E-state index contributed by atoms with van der Waals surface area (Å²) in [5, 5.41) is 2.53. The summed E-state index contributed by atoms with van der Waals surface area (Å²) in [7, 11) is 3.20. The molecule has 0 saturated carbocycles. The van der Waals surface area contributed by atoms with Crippen molar-refractivity contribution in [2.24, 2.45) is 11.8 Å². The van der Waals surface area contributed by atoms with Crippen LogP contribution in [0, 0.1) is 11.7 Å². The Morgan fingerprint density at radius 1 is 1.67 bits per heavy atom. The molecule has 0 spiro atoms. The van der Waals surface area contributed by atoms with Crippen molar-refractivity contribution in [2.45, 2.75) is 6.92 Å². The van der Waals surface area contributed by atoms with Crippen molar-refractivity contribution in [1.29, 1.82) is 0 Å². The Kier molecular flexibility index (Phi) is 4.78. The first-order valence-electron chi connectivity index (χ1n) is 5.41. The summed E-state index contributed by atoms with van der Waals surface area (Å²) in [4.78, 5) is 20.5. The molecule has 0 fully saturated rings. The molecule has 1 atom stereocenters. The molecular weight excluding hydrogens is 239 g/mol. The number of nitrogens with zero attached hydrogens (tertiary/aromatic N) is 3. The molecule has 100 valence electrons. The second-order valence-electron chi connectivity index (χ2n) is 3.91. The molecule has 0 aliphatic rings. The highest BCUT2D eigenvalue weighted by Gasteiger charge is 2.17. The van der Waals surface area contributed by atoms with Gasteiger partial charge in [0.1, 0.15) is 0 Å². The molecule has 0 radical (unpaired) electrons. The zero-order valence-electron chi connectivity index (χ0n) is 10.6. The third kappa shape index (κ3) is 3.27. The van der Waals surface area contributed by atoms with Gasteiger partial charge in [0.2, 0.25) is 11.9 Å². The molecule has 1 aromatic heterocycles. The number of nitrogens with two attached hydrogens (primary N) is 1. The molecule has 0 bridgehead atoms. The normalized spacial score (nSPS) is 11.8. The van der Waals surface area contributed by atoms with Gasteiger partial charge in [-0.1, -0.05) is 6.92 Å². The van der Waals surface area contributed by atoms with E-state index in [1.165, 1.54) is 4.90 Å². The number of nitrogen functional groups attached to an aromatic ring is 1. The van der Waals surface area contributed by atoms with Crippen molar-refractivity contribution in [2.75, 3.05) is 31.0 Å². The molecule has 1 amide bonds. The van der Waals surface area contributed by atoms with E-state index in [2.05, 4.69) is 20.7 Å². The Morgan fingerprint density at radius 3 is 2.89 bits per heavy atom. The van der Waals surface area contributed by atoms with E-state index in [1.54, 1.807) is 21.0 Å². The number of carbonyl (C=O) groups is 1. The quantitative estimate of drug-likeness (QED) is 0.495. The molecule has 0 aliphatic heterocycles. The van der Waals surface area contributed by atoms with Crippen LogP contribution in [-0.2, 0) is 4.79 Å². The molecule has 1 unspecified atom stereocenters. The summed E-state index contributed by atoms with van der Waals surface area (Å²) < 4.78 is 13.6. The van der Waals surface area contributed by atoms with E-state index in [1.807, 2.05) is 0 Å². The molecule has 1 heterocycles. The lowest BCUT2D eigenvalue weighted by Gasteiger charge is -2.22. The molecule has 0 aliphatic carbocycles. The molecule has 18 heavy (non-hydrogen) atoms. The van der Waals surface area contributed by atoms with Crippen molar-refractivity contribution in [3.8, 4) is 0 Å². The second kappa shape index (κ2) is 6.10. The SMILES string of the molecule is CNC(=O)C(C)CN(C)c1nc(NN)ncc1F. The number of anilines is 2. The molecule has 1 rings (SSSR count). The zero-order valence-corrected chi connectivity index (χ0v) is 10.6. The monoisotopic (exact) mass is 256 g/mol. The Labute approximate surface area is 105 Å². The maximum absolute atomic E-state index is 13.6. The highest BCUT2D eigenvalue weighted by molar-refractivity contribution is 5.78. The minimum Gasteiger partial charge on any atom is -0.359 e. The first-order chi connectivity index (χ1) is 8.49. The maximum Gasteiger partial charge on any atom is 0.239 e. The highest BCUT2D eigenvalue weighted by Crippen LogP contribution is 2.16. The average Bonchev–Trinajstić information content (AvgIpc) is 2.38. The largest absolute Gasteiger partial charge is 0.359 e. The van der Waals surface area contributed by atoms with Gasteiger partial charge in [-0.15, -0.1) is 0 Å². The van der Waals surface area contributed by atoms with E-state index in [4.69, 9.17) is 5.84 Å². The Bertz CT molecular complexity index is 427. The molecular formula is C10H17FN6O.